The third kappa shape index (κ3) is 22.1. The number of sulfonamides is 1. The molecule has 27 nitrogen and oxygen atoms in total. The molecule has 2 aliphatic heterocycles. The number of likely N-dealkylation sites (tertiary alicyclic amines) is 1. The van der Waals surface area contributed by atoms with E-state index < -0.39 is 172 Å². The van der Waals surface area contributed by atoms with Gasteiger partial charge >= 0.3 is 12.1 Å². The van der Waals surface area contributed by atoms with E-state index in [1.807, 2.05) is 0 Å². The fraction of sp³-hybridized carbons (Fsp3) is 0.804. The molecule has 1 saturated carbocycles. The quantitative estimate of drug-likeness (QED) is 0.0224. The molecule has 2 saturated heterocycles. The van der Waals surface area contributed by atoms with E-state index in [0.717, 1.165) is 4.90 Å². The Hall–Kier alpha value is -6.02. The molecule has 12 atom stereocenters. The van der Waals surface area contributed by atoms with Crippen LogP contribution in [0.2, 0.25) is 0 Å². The number of methoxy groups -OCH3 is 1. The minimum absolute atomic E-state index is 0.00437. The third-order valence-corrected chi connectivity index (χ3v) is 16.8. The van der Waals surface area contributed by atoms with Crippen LogP contribution in [0, 0.1) is 40.9 Å². The first-order valence-corrected chi connectivity index (χ1v) is 30.8. The first-order valence-electron chi connectivity index (χ1n) is 29.2. The van der Waals surface area contributed by atoms with E-state index in [1.165, 1.54) is 27.9 Å². The van der Waals surface area contributed by atoms with E-state index in [-0.39, 0.29) is 63.6 Å². The summed E-state index contributed by atoms with van der Waals surface area (Å²) in [5.41, 5.74) is -0.717. The van der Waals surface area contributed by atoms with Crippen LogP contribution >= 0.6 is 0 Å². The van der Waals surface area contributed by atoms with Crippen molar-refractivity contribution in [3.63, 3.8) is 0 Å². The lowest BCUT2D eigenvalue weighted by Crippen LogP contribution is -2.61. The maximum Gasteiger partial charge on any atom is 0.407 e. The lowest BCUT2D eigenvalue weighted by atomic mass is 9.79. The SMILES string of the molecule is CCS(=O)(=O)N(CC#N)C(=O)[C@H](CC(C)C)NC(=O)[C@H](C)NC(=O)[C@@H](NC(=O)CNC(=O)C[C@H](OC(=O)[C@@H]1CCCCN1C(=O)C(=O)C1(O)O[C@H](CC(=O)NCCNC(=O)OC(C)(C)C)CC[C@H]1C)[C@H](C)C[C@@H]1CC[C@@H](O)[C@H](OC)C1)C(C)C. The largest absolute Gasteiger partial charge is 0.460 e. The zero-order valence-corrected chi connectivity index (χ0v) is 51.7. The lowest BCUT2D eigenvalue weighted by Gasteiger charge is -2.42. The van der Waals surface area contributed by atoms with Crippen molar-refractivity contribution in [3.8, 4) is 6.07 Å². The Balaban J connectivity index is 1.73. The summed E-state index contributed by atoms with van der Waals surface area (Å²) in [7, 11) is -2.68. The van der Waals surface area contributed by atoms with Crippen molar-refractivity contribution in [1.29, 1.82) is 5.26 Å². The number of Topliss-reactive ketones (excluding diaryl/α,β-unsaturated/α-hetero) is 1. The first kappa shape index (κ1) is 72.2. The summed E-state index contributed by atoms with van der Waals surface area (Å²) in [5, 5.41) is 46.8. The molecule has 8 amide bonds. The van der Waals surface area contributed by atoms with Gasteiger partial charge in [-0.15, -0.1) is 0 Å². The molecule has 1 aliphatic carbocycles. The van der Waals surface area contributed by atoms with E-state index in [1.54, 1.807) is 61.5 Å². The van der Waals surface area contributed by atoms with Crippen LogP contribution < -0.4 is 31.9 Å². The number of piperidine rings is 1. The Morgan fingerprint density at radius 1 is 0.857 bits per heavy atom. The Labute approximate surface area is 493 Å². The van der Waals surface area contributed by atoms with Gasteiger partial charge in [0.15, 0.2) is 0 Å². The van der Waals surface area contributed by atoms with Gasteiger partial charge in [0.05, 0.1) is 49.5 Å². The Kier molecular flexibility index (Phi) is 28.4. The molecule has 28 heteroatoms. The van der Waals surface area contributed by atoms with E-state index >= 15 is 0 Å². The summed E-state index contributed by atoms with van der Waals surface area (Å²) in [6, 6.07) is -3.58. The van der Waals surface area contributed by atoms with Crippen LogP contribution in [-0.2, 0) is 72.1 Å². The van der Waals surface area contributed by atoms with Gasteiger partial charge in [0.25, 0.3) is 17.6 Å². The molecule has 0 radical (unpaired) electrons. The molecular formula is C56H93N9O18S. The lowest BCUT2D eigenvalue weighted by molar-refractivity contribution is -0.262. The number of carbonyl (C=O) groups is 10. The number of carbonyl (C=O) groups excluding carboxylic acids is 10. The maximum absolute atomic E-state index is 14.4. The van der Waals surface area contributed by atoms with Crippen molar-refractivity contribution in [2.75, 3.05) is 45.6 Å². The minimum Gasteiger partial charge on any atom is -0.460 e. The highest BCUT2D eigenvalue weighted by atomic mass is 32.2. The number of esters is 1. The smallest absolute Gasteiger partial charge is 0.407 e. The summed E-state index contributed by atoms with van der Waals surface area (Å²) in [5.74, 6) is -13.5. The van der Waals surface area contributed by atoms with Gasteiger partial charge in [-0.25, -0.2) is 22.3 Å². The van der Waals surface area contributed by atoms with Crippen LogP contribution in [0.1, 0.15) is 153 Å². The number of hydrogen-bond acceptors (Lipinski definition) is 19. The molecule has 8 N–H and O–H groups in total. The number of alkyl carbamates (subject to hydrolysis) is 1. The van der Waals surface area contributed by atoms with Crippen LogP contribution in [0.15, 0.2) is 0 Å². The fourth-order valence-electron chi connectivity index (χ4n) is 10.3. The molecule has 3 fully saturated rings. The van der Waals surface area contributed by atoms with Gasteiger partial charge in [-0.2, -0.15) is 5.26 Å². The molecule has 3 aliphatic rings. The summed E-state index contributed by atoms with van der Waals surface area (Å²) in [6.07, 6.45) is -1.34. The van der Waals surface area contributed by atoms with E-state index in [4.69, 9.17) is 18.9 Å². The fourth-order valence-corrected chi connectivity index (χ4v) is 11.3. The second-order valence-corrected chi connectivity index (χ2v) is 26.2. The highest BCUT2D eigenvalue weighted by Gasteiger charge is 2.53. The van der Waals surface area contributed by atoms with E-state index in [9.17, 15) is 71.8 Å². The summed E-state index contributed by atoms with van der Waals surface area (Å²) in [6.45, 7) is 16.4. The number of amides is 8. The molecule has 3 rings (SSSR count). The third-order valence-electron chi connectivity index (χ3n) is 15.1. The van der Waals surface area contributed by atoms with E-state index in [2.05, 4.69) is 31.9 Å². The number of nitriles is 1. The second kappa shape index (κ2) is 33.0. The van der Waals surface area contributed by atoms with Gasteiger partial charge < -0.3 is 66.0 Å². The Morgan fingerprint density at radius 3 is 2.13 bits per heavy atom. The Bertz CT molecular complexity index is 2470. The normalized spacial score (nSPS) is 23.7. The molecule has 0 bridgehead atoms. The average Bonchev–Trinajstić information content (AvgIpc) is 1.54. The number of ketones is 1. The summed E-state index contributed by atoms with van der Waals surface area (Å²) < 4.78 is 48.4. The molecule has 1 unspecified atom stereocenters. The number of nitrogens with one attached hydrogen (secondary N) is 6. The van der Waals surface area contributed by atoms with E-state index in [0.29, 0.717) is 42.8 Å². The van der Waals surface area contributed by atoms with Crippen LogP contribution in [0.5, 0.6) is 0 Å². The maximum atomic E-state index is 14.4. The van der Waals surface area contributed by atoms with Crippen molar-refractivity contribution >= 4 is 69.2 Å². The zero-order valence-electron chi connectivity index (χ0n) is 50.9. The predicted octanol–water partition coefficient (Wildman–Crippen LogP) is 0.970. The summed E-state index contributed by atoms with van der Waals surface area (Å²) >= 11 is 0. The first-order chi connectivity index (χ1) is 39.2. The number of hydrogen-bond donors (Lipinski definition) is 8. The van der Waals surface area contributed by atoms with Gasteiger partial charge in [-0.3, -0.25) is 38.4 Å². The molecular weight excluding hydrogens is 1120 g/mol. The van der Waals surface area contributed by atoms with Crippen LogP contribution in [0.4, 0.5) is 4.79 Å². The predicted molar refractivity (Wildman–Crippen MR) is 302 cm³/mol. The highest BCUT2D eigenvalue weighted by molar-refractivity contribution is 7.89. The second-order valence-electron chi connectivity index (χ2n) is 24.0. The van der Waals surface area contributed by atoms with Crippen LogP contribution in [0.25, 0.3) is 0 Å². The van der Waals surface area contributed by atoms with Crippen molar-refractivity contribution in [3.05, 3.63) is 0 Å². The monoisotopic (exact) mass is 1210 g/mol. The van der Waals surface area contributed by atoms with Gasteiger partial charge in [-0.05, 0) is 122 Å². The number of aliphatic hydroxyl groups is 2. The van der Waals surface area contributed by atoms with Gasteiger partial charge in [0.1, 0.15) is 42.4 Å². The Morgan fingerprint density at radius 2 is 1.52 bits per heavy atom. The zero-order chi connectivity index (χ0) is 63.4. The average molecular weight is 1210 g/mol. The van der Waals surface area contributed by atoms with Gasteiger partial charge in [-0.1, -0.05) is 41.5 Å². The van der Waals surface area contributed by atoms with Crippen LogP contribution in [-0.4, -0.2) is 193 Å². The number of nitrogens with zero attached hydrogens (tertiary/aromatic N) is 3. The molecule has 0 aromatic heterocycles. The topological polar surface area (TPSA) is 385 Å². The van der Waals surface area contributed by atoms with Gasteiger partial charge in [0, 0.05) is 32.7 Å². The molecule has 0 spiro atoms. The van der Waals surface area contributed by atoms with Crippen molar-refractivity contribution in [2.45, 2.75) is 213 Å². The minimum atomic E-state index is -4.17. The highest BCUT2D eigenvalue weighted by Crippen LogP contribution is 2.36. The van der Waals surface area contributed by atoms with Crippen molar-refractivity contribution < 1.29 is 85.5 Å². The van der Waals surface area contributed by atoms with Gasteiger partial charge in [0.2, 0.25) is 45.3 Å². The number of rotatable bonds is 29. The molecule has 0 aromatic carbocycles. The van der Waals surface area contributed by atoms with Crippen LogP contribution in [0.3, 0.4) is 0 Å². The molecule has 2 heterocycles. The summed E-state index contributed by atoms with van der Waals surface area (Å²) in [4.78, 5) is 136. The molecule has 0 aromatic rings. The molecule has 84 heavy (non-hydrogen) atoms. The number of ether oxygens (including phenoxy) is 4. The standard InChI is InChI=1S/C56H93N9O18S/c1-13-84(78,79)65(25-21-57)51(73)39(26-32(2)3)62-49(71)36(8)61-50(72)47(33(4)5)63-46(69)31-60-45(68)30-42(34(6)27-37-18-20-41(66)43(28-37)80-12)81-53(75)40-16-14-15-24-64(40)52(74)48(70)56(77)35(7)17-19-38(82-56)29-44(67)58-22-23-59-54(76)83-55(9,10)11/h32-43,47,66,77H,13-20,22-31H2,1-12H3,(H,58,67)(H,59,76)(H,60,68)(H,61,72)(H,62,71)(H,63,69)/t34-,35-,36+,37+,38+,39+,40+,41-,42+,43-,47+,56?/m1/s1. The number of aliphatic hydroxyl groups excluding tert-OH is 1. The van der Waals surface area contributed by atoms with Crippen molar-refractivity contribution in [1.82, 2.24) is 41.1 Å². The van der Waals surface area contributed by atoms with Crippen molar-refractivity contribution in [2.24, 2.45) is 29.6 Å². The molecule has 476 valence electrons.